The van der Waals surface area contributed by atoms with Gasteiger partial charge in [0.15, 0.2) is 18.1 Å². The minimum Gasteiger partial charge on any atom is -0.490 e. The first-order chi connectivity index (χ1) is 19.5. The summed E-state index contributed by atoms with van der Waals surface area (Å²) in [7, 11) is 0. The Kier molecular flexibility index (Phi) is 9.14. The van der Waals surface area contributed by atoms with Gasteiger partial charge in [-0.25, -0.2) is 9.69 Å². The van der Waals surface area contributed by atoms with Crippen LogP contribution in [-0.2, 0) is 14.4 Å². The number of hydrogen-bond donors (Lipinski definition) is 2. The Bertz CT molecular complexity index is 1600. The lowest BCUT2D eigenvalue weighted by molar-refractivity contribution is -0.122. The molecule has 0 radical (unpaired) electrons. The van der Waals surface area contributed by atoms with Gasteiger partial charge in [-0.2, -0.15) is 0 Å². The van der Waals surface area contributed by atoms with Crippen molar-refractivity contribution in [2.45, 2.75) is 27.7 Å². The number of carbonyl (C=O) groups excluding carboxylic acids is 4. The summed E-state index contributed by atoms with van der Waals surface area (Å²) < 4.78 is 12.0. The standard InChI is InChI=1S/C30H27BrClN3O6/c1-5-40-25-13-19(12-22(31)27(25)41-15-26(36)33-23-9-6-16(2)10-18(23)4)11-21-28(37)34-30(39)35(29(21)38)24-14-20(32)8-7-17(24)3/h6-14H,5,15H2,1-4H3,(H,33,36)(H,34,37,39)/b21-11+. The fourth-order valence-corrected chi connectivity index (χ4v) is 4.96. The van der Waals surface area contributed by atoms with Gasteiger partial charge in [0.2, 0.25) is 0 Å². The van der Waals surface area contributed by atoms with Gasteiger partial charge in [-0.1, -0.05) is 35.4 Å². The molecule has 0 unspecified atom stereocenters. The summed E-state index contributed by atoms with van der Waals surface area (Å²) in [4.78, 5) is 52.2. The highest BCUT2D eigenvalue weighted by Gasteiger charge is 2.37. The molecular weight excluding hydrogens is 614 g/mol. The SMILES string of the molecule is CCOc1cc(/C=C2\C(=O)NC(=O)N(c3cc(Cl)ccc3C)C2=O)cc(Br)c1OCC(=O)Nc1ccc(C)cc1C. The van der Waals surface area contributed by atoms with Crippen LogP contribution in [0.4, 0.5) is 16.2 Å². The molecule has 41 heavy (non-hydrogen) atoms. The Morgan fingerprint density at radius 2 is 1.78 bits per heavy atom. The van der Waals surface area contributed by atoms with Crippen LogP contribution in [0.5, 0.6) is 11.5 Å². The summed E-state index contributed by atoms with van der Waals surface area (Å²) in [5.74, 6) is -1.44. The highest BCUT2D eigenvalue weighted by atomic mass is 79.9. The van der Waals surface area contributed by atoms with Crippen molar-refractivity contribution in [1.29, 1.82) is 0 Å². The molecule has 11 heteroatoms. The van der Waals surface area contributed by atoms with Crippen molar-refractivity contribution in [3.8, 4) is 11.5 Å². The molecule has 0 aliphatic carbocycles. The molecule has 2 N–H and O–H groups in total. The maximum absolute atomic E-state index is 13.4. The van der Waals surface area contributed by atoms with Crippen LogP contribution in [0.1, 0.15) is 29.2 Å². The zero-order chi connectivity index (χ0) is 29.8. The van der Waals surface area contributed by atoms with Crippen LogP contribution in [-0.4, -0.2) is 37.0 Å². The number of hydrogen-bond acceptors (Lipinski definition) is 6. The first kappa shape index (κ1) is 29.8. The Labute approximate surface area is 250 Å². The highest BCUT2D eigenvalue weighted by Crippen LogP contribution is 2.38. The quantitative estimate of drug-likeness (QED) is 0.227. The van der Waals surface area contributed by atoms with E-state index in [1.807, 2.05) is 32.0 Å². The molecule has 1 aliphatic heterocycles. The van der Waals surface area contributed by atoms with Crippen LogP contribution in [0, 0.1) is 20.8 Å². The molecule has 0 spiro atoms. The van der Waals surface area contributed by atoms with Crippen LogP contribution in [0.2, 0.25) is 5.02 Å². The molecule has 3 aromatic rings. The fourth-order valence-electron chi connectivity index (χ4n) is 4.22. The van der Waals surface area contributed by atoms with Crippen molar-refractivity contribution < 1.29 is 28.7 Å². The molecule has 1 heterocycles. The number of nitrogens with one attached hydrogen (secondary N) is 2. The van der Waals surface area contributed by atoms with Crippen molar-refractivity contribution in [2.24, 2.45) is 0 Å². The second kappa shape index (κ2) is 12.6. The normalized spacial score (nSPS) is 14.2. The Balaban J connectivity index is 1.60. The summed E-state index contributed by atoms with van der Waals surface area (Å²) in [5, 5.41) is 5.37. The second-order valence-electron chi connectivity index (χ2n) is 9.31. The predicted molar refractivity (Wildman–Crippen MR) is 161 cm³/mol. The van der Waals surface area contributed by atoms with Gasteiger partial charge >= 0.3 is 6.03 Å². The van der Waals surface area contributed by atoms with E-state index in [-0.39, 0.29) is 41.9 Å². The van der Waals surface area contributed by atoms with Gasteiger partial charge in [-0.3, -0.25) is 19.7 Å². The number of barbiturate groups is 1. The van der Waals surface area contributed by atoms with Crippen LogP contribution >= 0.6 is 27.5 Å². The van der Waals surface area contributed by atoms with E-state index in [2.05, 4.69) is 26.6 Å². The third kappa shape index (κ3) is 6.78. The van der Waals surface area contributed by atoms with E-state index in [4.69, 9.17) is 21.1 Å². The van der Waals surface area contributed by atoms with Crippen molar-refractivity contribution in [3.05, 3.63) is 85.9 Å². The minimum atomic E-state index is -0.874. The Hall–Kier alpha value is -4.15. The average molecular weight is 641 g/mol. The third-order valence-corrected chi connectivity index (χ3v) is 6.98. The van der Waals surface area contributed by atoms with E-state index < -0.39 is 17.8 Å². The zero-order valence-corrected chi connectivity index (χ0v) is 25.1. The largest absolute Gasteiger partial charge is 0.490 e. The highest BCUT2D eigenvalue weighted by molar-refractivity contribution is 9.10. The number of imide groups is 2. The van der Waals surface area contributed by atoms with Gasteiger partial charge in [-0.05, 0) is 96.7 Å². The number of nitrogens with zero attached hydrogens (tertiary/aromatic N) is 1. The van der Waals surface area contributed by atoms with E-state index in [0.29, 0.717) is 26.3 Å². The van der Waals surface area contributed by atoms with Gasteiger partial charge in [0.05, 0.1) is 16.8 Å². The van der Waals surface area contributed by atoms with Gasteiger partial charge in [0.1, 0.15) is 5.57 Å². The van der Waals surface area contributed by atoms with Gasteiger partial charge < -0.3 is 14.8 Å². The minimum absolute atomic E-state index is 0.262. The molecule has 9 nitrogen and oxygen atoms in total. The van der Waals surface area contributed by atoms with Crippen molar-refractivity contribution in [3.63, 3.8) is 0 Å². The molecule has 0 aromatic heterocycles. The molecule has 3 aromatic carbocycles. The first-order valence-corrected chi connectivity index (χ1v) is 13.8. The van der Waals surface area contributed by atoms with Crippen molar-refractivity contribution in [2.75, 3.05) is 23.4 Å². The topological polar surface area (TPSA) is 114 Å². The van der Waals surface area contributed by atoms with Gasteiger partial charge in [0.25, 0.3) is 17.7 Å². The summed E-state index contributed by atoms with van der Waals surface area (Å²) >= 11 is 9.54. The number of benzene rings is 3. The van der Waals surface area contributed by atoms with E-state index in [9.17, 15) is 19.2 Å². The molecule has 212 valence electrons. The predicted octanol–water partition coefficient (Wildman–Crippen LogP) is 6.11. The van der Waals surface area contributed by atoms with Crippen LogP contribution in [0.15, 0.2) is 58.6 Å². The number of rotatable bonds is 8. The number of aryl methyl sites for hydroxylation is 3. The summed E-state index contributed by atoms with van der Waals surface area (Å²) in [5.41, 5.74) is 3.74. The van der Waals surface area contributed by atoms with Gasteiger partial charge in [0, 0.05) is 10.7 Å². The fraction of sp³-hybridized carbons (Fsp3) is 0.200. The summed E-state index contributed by atoms with van der Waals surface area (Å²) in [6.45, 7) is 7.38. The maximum Gasteiger partial charge on any atom is 0.335 e. The number of amides is 5. The molecule has 1 fully saturated rings. The lowest BCUT2D eigenvalue weighted by atomic mass is 10.1. The lowest BCUT2D eigenvalue weighted by Crippen LogP contribution is -2.54. The Morgan fingerprint density at radius 3 is 2.49 bits per heavy atom. The van der Waals surface area contributed by atoms with Crippen LogP contribution in [0.25, 0.3) is 6.08 Å². The van der Waals surface area contributed by atoms with E-state index in [0.717, 1.165) is 16.0 Å². The number of halogens is 2. The van der Waals surface area contributed by atoms with Crippen molar-refractivity contribution in [1.82, 2.24) is 5.32 Å². The monoisotopic (exact) mass is 639 g/mol. The number of ether oxygens (including phenoxy) is 2. The number of urea groups is 1. The molecule has 0 saturated carbocycles. The zero-order valence-electron chi connectivity index (χ0n) is 22.8. The first-order valence-electron chi connectivity index (χ1n) is 12.6. The molecule has 5 amide bonds. The molecule has 4 rings (SSSR count). The molecule has 0 atom stereocenters. The van der Waals surface area contributed by atoms with Crippen LogP contribution in [0.3, 0.4) is 0 Å². The summed E-state index contributed by atoms with van der Waals surface area (Å²) in [6, 6.07) is 12.8. The smallest absolute Gasteiger partial charge is 0.335 e. The molecule has 1 aliphatic rings. The third-order valence-electron chi connectivity index (χ3n) is 6.16. The average Bonchev–Trinajstić information content (AvgIpc) is 2.90. The summed E-state index contributed by atoms with van der Waals surface area (Å²) in [6.07, 6.45) is 1.35. The van der Waals surface area contributed by atoms with Crippen LogP contribution < -0.4 is 25.0 Å². The second-order valence-corrected chi connectivity index (χ2v) is 10.6. The maximum atomic E-state index is 13.4. The molecule has 0 bridgehead atoms. The van der Waals surface area contributed by atoms with E-state index in [1.165, 1.54) is 12.1 Å². The van der Waals surface area contributed by atoms with Crippen molar-refractivity contribution >= 4 is 68.7 Å². The molecule has 1 saturated heterocycles. The number of anilines is 2. The Morgan fingerprint density at radius 1 is 1.02 bits per heavy atom. The lowest BCUT2D eigenvalue weighted by Gasteiger charge is -2.27. The number of carbonyl (C=O) groups is 4. The van der Waals surface area contributed by atoms with Gasteiger partial charge in [-0.15, -0.1) is 0 Å². The van der Waals surface area contributed by atoms with E-state index in [1.54, 1.807) is 38.1 Å². The molecular formula is C30H27BrClN3O6. The van der Waals surface area contributed by atoms with E-state index >= 15 is 0 Å².